The first-order chi connectivity index (χ1) is 8.10. The van der Waals surface area contributed by atoms with Gasteiger partial charge in [-0.2, -0.15) is 0 Å². The van der Waals surface area contributed by atoms with Gasteiger partial charge in [0.2, 0.25) is 0 Å². The minimum atomic E-state index is -1.03. The lowest BCUT2D eigenvalue weighted by Gasteiger charge is -2.20. The molecule has 1 amide bonds. The van der Waals surface area contributed by atoms with Crippen molar-refractivity contribution in [3.63, 3.8) is 0 Å². The standard InChI is InChI=1S/C12H15F2NO2/c1-2-15(6-3-7-16)12(17)9-4-5-10(13)11(14)8-9/h4-5,8,16H,2-3,6-7H2,1H3. The molecule has 0 bridgehead atoms. The lowest BCUT2D eigenvalue weighted by molar-refractivity contribution is 0.0753. The number of amides is 1. The lowest BCUT2D eigenvalue weighted by Crippen LogP contribution is -2.32. The molecule has 5 heteroatoms. The van der Waals surface area contributed by atoms with E-state index in [9.17, 15) is 13.6 Å². The molecule has 1 rings (SSSR count). The van der Waals surface area contributed by atoms with Gasteiger partial charge in [-0.15, -0.1) is 0 Å². The third-order valence-corrected chi connectivity index (χ3v) is 2.42. The first-order valence-corrected chi connectivity index (χ1v) is 5.45. The average molecular weight is 243 g/mol. The zero-order valence-corrected chi connectivity index (χ0v) is 9.62. The van der Waals surface area contributed by atoms with Gasteiger partial charge in [0, 0.05) is 25.3 Å². The fourth-order valence-electron chi connectivity index (χ4n) is 1.48. The van der Waals surface area contributed by atoms with Crippen LogP contribution >= 0.6 is 0 Å². The molecule has 0 fully saturated rings. The molecule has 94 valence electrons. The molecular weight excluding hydrogens is 228 g/mol. The number of hydrogen-bond donors (Lipinski definition) is 1. The molecule has 0 saturated carbocycles. The molecule has 0 aliphatic rings. The number of aliphatic hydroxyl groups excluding tert-OH is 1. The maximum absolute atomic E-state index is 13.0. The van der Waals surface area contributed by atoms with Crippen molar-refractivity contribution in [2.45, 2.75) is 13.3 Å². The Bertz CT molecular complexity index is 396. The van der Waals surface area contributed by atoms with E-state index >= 15 is 0 Å². The molecule has 1 aromatic rings. The highest BCUT2D eigenvalue weighted by Crippen LogP contribution is 2.11. The molecule has 0 heterocycles. The number of nitrogens with zero attached hydrogens (tertiary/aromatic N) is 1. The minimum Gasteiger partial charge on any atom is -0.396 e. The quantitative estimate of drug-likeness (QED) is 0.856. The van der Waals surface area contributed by atoms with Crippen molar-refractivity contribution >= 4 is 5.91 Å². The van der Waals surface area contributed by atoms with Crippen LogP contribution in [0.4, 0.5) is 8.78 Å². The summed E-state index contributed by atoms with van der Waals surface area (Å²) in [6, 6.07) is 3.07. The predicted molar refractivity (Wildman–Crippen MR) is 59.6 cm³/mol. The SMILES string of the molecule is CCN(CCCO)C(=O)c1ccc(F)c(F)c1. The van der Waals surface area contributed by atoms with Crippen molar-refractivity contribution in [1.29, 1.82) is 0 Å². The number of carbonyl (C=O) groups is 1. The molecule has 0 aromatic heterocycles. The number of rotatable bonds is 5. The third-order valence-electron chi connectivity index (χ3n) is 2.42. The fourth-order valence-corrected chi connectivity index (χ4v) is 1.48. The van der Waals surface area contributed by atoms with Crippen molar-refractivity contribution < 1.29 is 18.7 Å². The zero-order valence-electron chi connectivity index (χ0n) is 9.62. The van der Waals surface area contributed by atoms with E-state index < -0.39 is 11.6 Å². The molecule has 0 aliphatic heterocycles. The normalized spacial score (nSPS) is 10.4. The van der Waals surface area contributed by atoms with Crippen LogP contribution < -0.4 is 0 Å². The van der Waals surface area contributed by atoms with Gasteiger partial charge in [0.25, 0.3) is 5.91 Å². The Labute approximate surface area is 98.7 Å². The summed E-state index contributed by atoms with van der Waals surface area (Å²) in [5, 5.41) is 8.70. The second-order valence-corrected chi connectivity index (χ2v) is 3.59. The molecule has 0 aliphatic carbocycles. The Morgan fingerprint density at radius 2 is 2.06 bits per heavy atom. The van der Waals surface area contributed by atoms with Crippen LogP contribution in [-0.2, 0) is 0 Å². The Morgan fingerprint density at radius 3 is 2.59 bits per heavy atom. The number of benzene rings is 1. The molecule has 1 aromatic carbocycles. The monoisotopic (exact) mass is 243 g/mol. The van der Waals surface area contributed by atoms with Crippen molar-refractivity contribution in [3.8, 4) is 0 Å². The van der Waals surface area contributed by atoms with E-state index in [-0.39, 0.29) is 18.1 Å². The van der Waals surface area contributed by atoms with Crippen LogP contribution in [0.5, 0.6) is 0 Å². The number of aliphatic hydroxyl groups is 1. The van der Waals surface area contributed by atoms with Crippen molar-refractivity contribution in [3.05, 3.63) is 35.4 Å². The summed E-state index contributed by atoms with van der Waals surface area (Å²) in [5.74, 6) is -2.37. The van der Waals surface area contributed by atoms with Gasteiger partial charge in [0.1, 0.15) is 0 Å². The van der Waals surface area contributed by atoms with E-state index in [4.69, 9.17) is 5.11 Å². The summed E-state index contributed by atoms with van der Waals surface area (Å²) in [4.78, 5) is 13.4. The van der Waals surface area contributed by atoms with Crippen LogP contribution in [0.3, 0.4) is 0 Å². The van der Waals surface area contributed by atoms with Crippen LogP contribution in [0, 0.1) is 11.6 Å². The Hall–Kier alpha value is -1.49. The van der Waals surface area contributed by atoms with Crippen LogP contribution in [0.25, 0.3) is 0 Å². The van der Waals surface area contributed by atoms with Gasteiger partial charge in [-0.1, -0.05) is 0 Å². The van der Waals surface area contributed by atoms with Gasteiger partial charge in [0.05, 0.1) is 0 Å². The van der Waals surface area contributed by atoms with Crippen molar-refractivity contribution in [2.24, 2.45) is 0 Å². The van der Waals surface area contributed by atoms with Gasteiger partial charge < -0.3 is 10.0 Å². The summed E-state index contributed by atoms with van der Waals surface area (Å²) in [7, 11) is 0. The van der Waals surface area contributed by atoms with E-state index in [1.165, 1.54) is 11.0 Å². The lowest BCUT2D eigenvalue weighted by atomic mass is 10.2. The molecule has 0 spiro atoms. The molecule has 0 unspecified atom stereocenters. The minimum absolute atomic E-state index is 0.0123. The first-order valence-electron chi connectivity index (χ1n) is 5.45. The third kappa shape index (κ3) is 3.49. The molecule has 0 radical (unpaired) electrons. The highest BCUT2D eigenvalue weighted by molar-refractivity contribution is 5.94. The Kier molecular flexibility index (Phi) is 5.03. The first kappa shape index (κ1) is 13.6. The predicted octanol–water partition coefficient (Wildman–Crippen LogP) is 1.81. The van der Waals surface area contributed by atoms with E-state index in [1.807, 2.05) is 0 Å². The maximum Gasteiger partial charge on any atom is 0.253 e. The molecule has 17 heavy (non-hydrogen) atoms. The molecule has 0 atom stereocenters. The topological polar surface area (TPSA) is 40.5 Å². The van der Waals surface area contributed by atoms with Crippen LogP contribution in [0.15, 0.2) is 18.2 Å². The summed E-state index contributed by atoms with van der Waals surface area (Å²) in [5.41, 5.74) is 0.115. The van der Waals surface area contributed by atoms with Gasteiger partial charge in [0.15, 0.2) is 11.6 Å². The van der Waals surface area contributed by atoms with Crippen LogP contribution in [-0.4, -0.2) is 35.6 Å². The second kappa shape index (κ2) is 6.30. The van der Waals surface area contributed by atoms with Gasteiger partial charge in [-0.3, -0.25) is 4.79 Å². The van der Waals surface area contributed by atoms with E-state index in [2.05, 4.69) is 0 Å². The number of carbonyl (C=O) groups excluding carboxylic acids is 1. The van der Waals surface area contributed by atoms with E-state index in [0.717, 1.165) is 12.1 Å². The fraction of sp³-hybridized carbons (Fsp3) is 0.417. The van der Waals surface area contributed by atoms with Crippen LogP contribution in [0.2, 0.25) is 0 Å². The summed E-state index contributed by atoms with van der Waals surface area (Å²) in [6.07, 6.45) is 0.462. The summed E-state index contributed by atoms with van der Waals surface area (Å²) < 4.78 is 25.7. The summed E-state index contributed by atoms with van der Waals surface area (Å²) >= 11 is 0. The Balaban J connectivity index is 2.82. The highest BCUT2D eigenvalue weighted by atomic mass is 19.2. The highest BCUT2D eigenvalue weighted by Gasteiger charge is 2.15. The van der Waals surface area contributed by atoms with E-state index in [1.54, 1.807) is 6.92 Å². The molecule has 3 nitrogen and oxygen atoms in total. The van der Waals surface area contributed by atoms with Crippen molar-refractivity contribution in [2.75, 3.05) is 19.7 Å². The largest absolute Gasteiger partial charge is 0.396 e. The number of halogens is 2. The van der Waals surface area contributed by atoms with Gasteiger partial charge in [-0.05, 0) is 31.5 Å². The maximum atomic E-state index is 13.0. The van der Waals surface area contributed by atoms with Gasteiger partial charge >= 0.3 is 0 Å². The molecular formula is C12H15F2NO2. The van der Waals surface area contributed by atoms with Crippen molar-refractivity contribution in [1.82, 2.24) is 4.90 Å². The Morgan fingerprint density at radius 1 is 1.35 bits per heavy atom. The second-order valence-electron chi connectivity index (χ2n) is 3.59. The van der Waals surface area contributed by atoms with E-state index in [0.29, 0.717) is 19.5 Å². The molecule has 1 N–H and O–H groups in total. The average Bonchev–Trinajstić information content (AvgIpc) is 2.33. The number of hydrogen-bond acceptors (Lipinski definition) is 2. The van der Waals surface area contributed by atoms with Gasteiger partial charge in [-0.25, -0.2) is 8.78 Å². The smallest absolute Gasteiger partial charge is 0.253 e. The zero-order chi connectivity index (χ0) is 12.8. The van der Waals surface area contributed by atoms with Crippen LogP contribution in [0.1, 0.15) is 23.7 Å². The summed E-state index contributed by atoms with van der Waals surface area (Å²) in [6.45, 7) is 2.62. The molecule has 0 saturated heterocycles.